The molecular formula is C45H27N3OS. The van der Waals surface area contributed by atoms with Crippen molar-refractivity contribution in [2.24, 2.45) is 0 Å². The summed E-state index contributed by atoms with van der Waals surface area (Å²) in [4.78, 5) is 14.7. The molecule has 0 bridgehead atoms. The summed E-state index contributed by atoms with van der Waals surface area (Å²) >= 11 is 1.08. The summed E-state index contributed by atoms with van der Waals surface area (Å²) in [6.07, 6.45) is 0. The predicted molar refractivity (Wildman–Crippen MR) is 207 cm³/mol. The molecule has 7 aromatic carbocycles. The number of para-hydroxylation sites is 1. The fourth-order valence-corrected chi connectivity index (χ4v) is 7.28. The van der Waals surface area contributed by atoms with Gasteiger partial charge in [-0.3, -0.25) is 0 Å². The minimum absolute atomic E-state index is 0.00986. The van der Waals surface area contributed by atoms with Crippen LogP contribution >= 0.6 is 11.3 Å². The Bertz CT molecular complexity index is 3200. The number of nitrogens with zero attached hydrogens (tertiary/aromatic N) is 3. The fraction of sp³-hybridized carbons (Fsp3) is 0. The molecule has 0 saturated carbocycles. The van der Waals surface area contributed by atoms with Crippen LogP contribution in [0.25, 0.3) is 98.5 Å². The SMILES string of the molecule is [2H]c1c(-c2ccccc2)c([2H])c2c(sc3c([2H])c(-c4nc(-c5ccc(-c6ccccc6)cc5)nc(-c5ccc6oc7ccccc7c6c5)n4)c([2H])c([2H])c32)c1[2H]. The number of fused-ring (bicyclic) bond motifs is 6. The maximum atomic E-state index is 9.54. The van der Waals surface area contributed by atoms with Crippen LogP contribution in [-0.2, 0) is 0 Å². The molecule has 0 atom stereocenters. The topological polar surface area (TPSA) is 51.8 Å². The van der Waals surface area contributed by atoms with Gasteiger partial charge in [0.05, 0.1) is 8.22 Å². The predicted octanol–water partition coefficient (Wildman–Crippen LogP) is 12.5. The lowest BCUT2D eigenvalue weighted by molar-refractivity contribution is 0.669. The molecule has 0 N–H and O–H groups in total. The lowest BCUT2D eigenvalue weighted by Crippen LogP contribution is -2.00. The van der Waals surface area contributed by atoms with E-state index < -0.39 is 0 Å². The van der Waals surface area contributed by atoms with Gasteiger partial charge in [-0.15, -0.1) is 11.3 Å². The van der Waals surface area contributed by atoms with E-state index in [1.165, 1.54) is 0 Å². The molecule has 0 aliphatic carbocycles. The number of rotatable bonds is 5. The van der Waals surface area contributed by atoms with Crippen molar-refractivity contribution in [1.82, 2.24) is 15.0 Å². The van der Waals surface area contributed by atoms with Gasteiger partial charge in [-0.05, 0) is 64.6 Å². The molecule has 0 unspecified atom stereocenters. The maximum Gasteiger partial charge on any atom is 0.164 e. The van der Waals surface area contributed by atoms with Crippen molar-refractivity contribution in [2.45, 2.75) is 0 Å². The highest BCUT2D eigenvalue weighted by molar-refractivity contribution is 7.25. The summed E-state index contributed by atoms with van der Waals surface area (Å²) in [5, 5.41) is 2.36. The highest BCUT2D eigenvalue weighted by atomic mass is 32.1. The van der Waals surface area contributed by atoms with E-state index in [1.807, 2.05) is 115 Å². The summed E-state index contributed by atoms with van der Waals surface area (Å²) in [6, 6.07) is 39.7. The third-order valence-corrected chi connectivity index (χ3v) is 9.84. The van der Waals surface area contributed by atoms with Crippen LogP contribution in [0.15, 0.2) is 168 Å². The van der Waals surface area contributed by atoms with E-state index >= 15 is 0 Å². The molecule has 10 rings (SSSR count). The summed E-state index contributed by atoms with van der Waals surface area (Å²) in [6.45, 7) is 0. The second kappa shape index (κ2) is 11.6. The first-order valence-electron chi connectivity index (χ1n) is 19.1. The Hall–Kier alpha value is -6.43. The number of hydrogen-bond acceptors (Lipinski definition) is 5. The lowest BCUT2D eigenvalue weighted by atomic mass is 10.0. The Balaban J connectivity index is 1.21. The van der Waals surface area contributed by atoms with E-state index in [1.54, 1.807) is 12.1 Å². The van der Waals surface area contributed by atoms with Crippen LogP contribution in [0.3, 0.4) is 0 Å². The highest BCUT2D eigenvalue weighted by Gasteiger charge is 2.16. The van der Waals surface area contributed by atoms with Crippen molar-refractivity contribution in [2.75, 3.05) is 0 Å². The molecule has 0 radical (unpaired) electrons. The molecule has 0 fully saturated rings. The quantitative estimate of drug-likeness (QED) is 0.184. The molecule has 0 amide bonds. The molecule has 3 heterocycles. The Labute approximate surface area is 300 Å². The second-order valence-electron chi connectivity index (χ2n) is 11.9. The monoisotopic (exact) mass is 663 g/mol. The Kier molecular flexibility index (Phi) is 5.35. The number of thiophene rings is 1. The van der Waals surface area contributed by atoms with Gasteiger partial charge in [0.2, 0.25) is 0 Å². The van der Waals surface area contributed by atoms with Crippen LogP contribution in [-0.4, -0.2) is 15.0 Å². The molecule has 0 aliphatic rings. The van der Waals surface area contributed by atoms with Crippen LogP contribution in [0, 0.1) is 0 Å². The average molecular weight is 664 g/mol. The molecule has 3 aromatic heterocycles. The van der Waals surface area contributed by atoms with Crippen molar-refractivity contribution in [3.63, 3.8) is 0 Å². The molecule has 10 aromatic rings. The Morgan fingerprint density at radius 2 is 0.980 bits per heavy atom. The van der Waals surface area contributed by atoms with E-state index in [0.29, 0.717) is 48.7 Å². The zero-order valence-corrected chi connectivity index (χ0v) is 27.1. The first-order chi connectivity index (χ1) is 27.3. The van der Waals surface area contributed by atoms with Crippen LogP contribution < -0.4 is 0 Å². The molecule has 234 valence electrons. The lowest BCUT2D eigenvalue weighted by Gasteiger charge is -2.09. The minimum atomic E-state index is -0.275. The van der Waals surface area contributed by atoms with Crippen LogP contribution in [0.1, 0.15) is 8.22 Å². The van der Waals surface area contributed by atoms with E-state index in [9.17, 15) is 5.48 Å². The standard InChI is InChI=1S/C45H27N3OS/c1-3-9-28(10-4-1)30-15-17-31(18-16-30)43-46-44(33-20-23-40-37(26-33)35-13-7-8-14-39(35)49-40)48-45(47-43)34-19-22-36-38-25-32(29-11-5-2-6-12-29)21-24-41(38)50-42(36)27-34/h1-27H/i19D,21D,22D,24D,25D,27D. The van der Waals surface area contributed by atoms with E-state index in [4.69, 9.17) is 22.1 Å². The fourth-order valence-electron chi connectivity index (χ4n) is 6.31. The third-order valence-electron chi connectivity index (χ3n) is 8.82. The normalized spacial score (nSPS) is 13.3. The van der Waals surface area contributed by atoms with Crippen LogP contribution in [0.5, 0.6) is 0 Å². The molecule has 0 saturated heterocycles. The Morgan fingerprint density at radius 3 is 1.76 bits per heavy atom. The molecular weight excluding hydrogens is 631 g/mol. The zero-order chi connectivity index (χ0) is 38.2. The summed E-state index contributed by atoms with van der Waals surface area (Å²) in [5.41, 5.74) is 5.86. The van der Waals surface area contributed by atoms with Crippen molar-refractivity contribution in [3.05, 3.63) is 164 Å². The highest BCUT2D eigenvalue weighted by Crippen LogP contribution is 2.39. The number of aromatic nitrogens is 3. The van der Waals surface area contributed by atoms with E-state index in [-0.39, 0.29) is 58.6 Å². The van der Waals surface area contributed by atoms with Crippen LogP contribution in [0.2, 0.25) is 0 Å². The summed E-state index contributed by atoms with van der Waals surface area (Å²) in [5.74, 6) is 0.705. The van der Waals surface area contributed by atoms with Gasteiger partial charge in [-0.1, -0.05) is 121 Å². The van der Waals surface area contributed by atoms with Gasteiger partial charge in [0, 0.05) is 47.6 Å². The van der Waals surface area contributed by atoms with Gasteiger partial charge in [0.25, 0.3) is 0 Å². The minimum Gasteiger partial charge on any atom is -0.456 e. The number of benzene rings is 7. The van der Waals surface area contributed by atoms with Gasteiger partial charge >= 0.3 is 0 Å². The van der Waals surface area contributed by atoms with Crippen LogP contribution in [0.4, 0.5) is 0 Å². The van der Waals surface area contributed by atoms with Crippen molar-refractivity contribution >= 4 is 53.4 Å². The zero-order valence-electron chi connectivity index (χ0n) is 32.3. The molecule has 0 aliphatic heterocycles. The van der Waals surface area contributed by atoms with Gasteiger partial charge in [-0.2, -0.15) is 0 Å². The van der Waals surface area contributed by atoms with Crippen molar-refractivity contribution in [1.29, 1.82) is 0 Å². The number of furan rings is 1. The van der Waals surface area contributed by atoms with Crippen molar-refractivity contribution < 1.29 is 12.6 Å². The first-order valence-corrected chi connectivity index (χ1v) is 16.9. The summed E-state index contributed by atoms with van der Waals surface area (Å²) < 4.78 is 62.0. The van der Waals surface area contributed by atoms with Gasteiger partial charge < -0.3 is 4.42 Å². The van der Waals surface area contributed by atoms with Gasteiger partial charge in [0.15, 0.2) is 17.5 Å². The Morgan fingerprint density at radius 1 is 0.400 bits per heavy atom. The van der Waals surface area contributed by atoms with Crippen molar-refractivity contribution in [3.8, 4) is 56.4 Å². The molecule has 50 heavy (non-hydrogen) atoms. The molecule has 0 spiro atoms. The third kappa shape index (κ3) is 4.95. The van der Waals surface area contributed by atoms with Gasteiger partial charge in [0.1, 0.15) is 11.2 Å². The average Bonchev–Trinajstić information content (AvgIpc) is 3.83. The first kappa shape index (κ1) is 23.0. The smallest absolute Gasteiger partial charge is 0.164 e. The molecule has 5 heteroatoms. The molecule has 4 nitrogen and oxygen atoms in total. The van der Waals surface area contributed by atoms with Gasteiger partial charge in [-0.25, -0.2) is 15.0 Å². The number of hydrogen-bond donors (Lipinski definition) is 0. The maximum absolute atomic E-state index is 9.54. The van der Waals surface area contributed by atoms with E-state index in [2.05, 4.69) is 0 Å². The summed E-state index contributed by atoms with van der Waals surface area (Å²) in [7, 11) is 0. The second-order valence-corrected chi connectivity index (χ2v) is 13.0. The van der Waals surface area contributed by atoms with E-state index in [0.717, 1.165) is 38.8 Å². The largest absolute Gasteiger partial charge is 0.456 e.